The highest BCUT2D eigenvalue weighted by atomic mass is 16.5. The number of anilines is 1. The third kappa shape index (κ3) is 2.43. The summed E-state index contributed by atoms with van der Waals surface area (Å²) < 4.78 is 10.3. The van der Waals surface area contributed by atoms with Crippen molar-refractivity contribution in [3.63, 3.8) is 0 Å². The fourth-order valence-corrected chi connectivity index (χ4v) is 1.72. The summed E-state index contributed by atoms with van der Waals surface area (Å²) in [6, 6.07) is 8.71. The number of ether oxygens (including phenoxy) is 1. The lowest BCUT2D eigenvalue weighted by atomic mass is 10.0. The molecule has 0 saturated heterocycles. The molecule has 0 aliphatic rings. The predicted molar refractivity (Wildman–Crippen MR) is 68.4 cm³/mol. The molecule has 1 aromatic carbocycles. The second kappa shape index (κ2) is 5.06. The van der Waals surface area contributed by atoms with Gasteiger partial charge in [0.05, 0.1) is 0 Å². The number of ketones is 1. The van der Waals surface area contributed by atoms with Crippen LogP contribution in [0.4, 0.5) is 5.69 Å². The molecule has 4 heteroatoms. The first-order valence-corrected chi connectivity index (χ1v) is 5.60. The Hall–Kier alpha value is -2.07. The molecule has 2 aromatic rings. The molecule has 1 heterocycles. The summed E-state index contributed by atoms with van der Waals surface area (Å²) in [5.41, 5.74) is 7.71. The summed E-state index contributed by atoms with van der Waals surface area (Å²) in [4.78, 5) is 12.2. The number of nitrogens with two attached hydrogens (primary N) is 1. The van der Waals surface area contributed by atoms with Crippen LogP contribution in [0.25, 0.3) is 0 Å². The van der Waals surface area contributed by atoms with Gasteiger partial charge in [0.1, 0.15) is 12.4 Å². The van der Waals surface area contributed by atoms with Crippen molar-refractivity contribution in [1.82, 2.24) is 0 Å². The molecule has 4 nitrogen and oxygen atoms in total. The molecule has 0 unspecified atom stereocenters. The van der Waals surface area contributed by atoms with Crippen LogP contribution in [0.2, 0.25) is 0 Å². The fourth-order valence-electron chi connectivity index (χ4n) is 1.72. The summed E-state index contributed by atoms with van der Waals surface area (Å²) in [7, 11) is 1.57. The number of carbonyl (C=O) groups is 1. The first-order valence-electron chi connectivity index (χ1n) is 5.60. The summed E-state index contributed by atoms with van der Waals surface area (Å²) in [6.45, 7) is 2.26. The summed E-state index contributed by atoms with van der Waals surface area (Å²) in [5, 5.41) is 0. The van der Waals surface area contributed by atoms with Crippen molar-refractivity contribution in [2.75, 3.05) is 12.8 Å². The van der Waals surface area contributed by atoms with Gasteiger partial charge in [-0.3, -0.25) is 4.79 Å². The van der Waals surface area contributed by atoms with E-state index >= 15 is 0 Å². The van der Waals surface area contributed by atoms with Crippen LogP contribution in [0.3, 0.4) is 0 Å². The van der Waals surface area contributed by atoms with Gasteiger partial charge in [-0.15, -0.1) is 0 Å². The highest BCUT2D eigenvalue weighted by Crippen LogP contribution is 2.20. The van der Waals surface area contributed by atoms with Crippen molar-refractivity contribution < 1.29 is 13.9 Å². The number of benzene rings is 1. The summed E-state index contributed by atoms with van der Waals surface area (Å²) in [5.74, 6) is 0.685. The molecule has 0 aliphatic heterocycles. The number of aryl methyl sites for hydroxylation is 1. The Morgan fingerprint density at radius 3 is 2.83 bits per heavy atom. The second-order valence-corrected chi connectivity index (χ2v) is 4.12. The Labute approximate surface area is 105 Å². The zero-order valence-electron chi connectivity index (χ0n) is 10.4. The van der Waals surface area contributed by atoms with Gasteiger partial charge in [0, 0.05) is 18.4 Å². The standard InChI is InChI=1S/C14H15NO3/c1-9-3-5-12(15)11(7-9)14(16)13-6-4-10(18-13)8-17-2/h3-7H,8,15H2,1-2H3. The maximum absolute atomic E-state index is 12.2. The van der Waals surface area contributed by atoms with Crippen LogP contribution in [0.1, 0.15) is 27.4 Å². The largest absolute Gasteiger partial charge is 0.455 e. The van der Waals surface area contributed by atoms with Crippen LogP contribution in [0.15, 0.2) is 34.7 Å². The van der Waals surface area contributed by atoms with Gasteiger partial charge in [-0.1, -0.05) is 11.6 Å². The fraction of sp³-hybridized carbons (Fsp3) is 0.214. The van der Waals surface area contributed by atoms with Crippen molar-refractivity contribution in [2.45, 2.75) is 13.5 Å². The molecule has 18 heavy (non-hydrogen) atoms. The molecule has 2 N–H and O–H groups in total. The van der Waals surface area contributed by atoms with Gasteiger partial charge in [0.25, 0.3) is 0 Å². The van der Waals surface area contributed by atoms with E-state index in [4.69, 9.17) is 14.9 Å². The third-order valence-electron chi connectivity index (χ3n) is 2.63. The highest BCUT2D eigenvalue weighted by Gasteiger charge is 2.16. The third-order valence-corrected chi connectivity index (χ3v) is 2.63. The topological polar surface area (TPSA) is 65.5 Å². The zero-order chi connectivity index (χ0) is 13.1. The number of nitrogen functional groups attached to an aromatic ring is 1. The van der Waals surface area contributed by atoms with Gasteiger partial charge in [-0.2, -0.15) is 0 Å². The van der Waals surface area contributed by atoms with E-state index in [0.717, 1.165) is 5.56 Å². The van der Waals surface area contributed by atoms with Crippen LogP contribution < -0.4 is 5.73 Å². The lowest BCUT2D eigenvalue weighted by Crippen LogP contribution is -2.04. The van der Waals surface area contributed by atoms with Crippen LogP contribution >= 0.6 is 0 Å². The molecular formula is C14H15NO3. The van der Waals surface area contributed by atoms with Gasteiger partial charge >= 0.3 is 0 Å². The molecule has 0 amide bonds. The predicted octanol–water partition coefficient (Wildman–Crippen LogP) is 2.55. The summed E-state index contributed by atoms with van der Waals surface area (Å²) >= 11 is 0. The molecule has 0 bridgehead atoms. The number of hydrogen-bond donors (Lipinski definition) is 1. The maximum Gasteiger partial charge on any atom is 0.230 e. The molecule has 0 aliphatic carbocycles. The van der Waals surface area contributed by atoms with Crippen molar-refractivity contribution in [3.8, 4) is 0 Å². The molecule has 0 fully saturated rings. The molecule has 0 saturated carbocycles. The van der Waals surface area contributed by atoms with E-state index < -0.39 is 0 Å². The number of carbonyl (C=O) groups excluding carboxylic acids is 1. The first-order chi connectivity index (χ1) is 8.61. The number of furan rings is 1. The molecule has 2 rings (SSSR count). The lowest BCUT2D eigenvalue weighted by molar-refractivity contribution is 0.100. The van der Waals surface area contributed by atoms with Crippen LogP contribution in [-0.2, 0) is 11.3 Å². The van der Waals surface area contributed by atoms with Gasteiger partial charge in [-0.05, 0) is 31.2 Å². The lowest BCUT2D eigenvalue weighted by Gasteiger charge is -2.04. The Bertz CT molecular complexity index is 572. The van der Waals surface area contributed by atoms with Crippen molar-refractivity contribution >= 4 is 11.5 Å². The molecule has 0 radical (unpaired) electrons. The molecule has 0 spiro atoms. The Kier molecular flexibility index (Phi) is 3.48. The number of hydrogen-bond acceptors (Lipinski definition) is 4. The van der Waals surface area contributed by atoms with E-state index in [2.05, 4.69) is 0 Å². The zero-order valence-corrected chi connectivity index (χ0v) is 10.4. The number of methoxy groups -OCH3 is 1. The Morgan fingerprint density at radius 1 is 1.33 bits per heavy atom. The van der Waals surface area contributed by atoms with Gasteiger partial charge in [0.15, 0.2) is 5.76 Å². The molecule has 1 aromatic heterocycles. The average molecular weight is 245 g/mol. The number of rotatable bonds is 4. The van der Waals surface area contributed by atoms with Crippen molar-refractivity contribution in [2.24, 2.45) is 0 Å². The quantitative estimate of drug-likeness (QED) is 0.664. The summed E-state index contributed by atoms with van der Waals surface area (Å²) in [6.07, 6.45) is 0. The Balaban J connectivity index is 2.32. The van der Waals surface area contributed by atoms with E-state index in [9.17, 15) is 4.79 Å². The minimum Gasteiger partial charge on any atom is -0.455 e. The van der Waals surface area contributed by atoms with Crippen molar-refractivity contribution in [3.05, 3.63) is 53.0 Å². The van der Waals surface area contributed by atoms with Gasteiger partial charge in [0.2, 0.25) is 5.78 Å². The van der Waals surface area contributed by atoms with Crippen LogP contribution in [0, 0.1) is 6.92 Å². The monoisotopic (exact) mass is 245 g/mol. The van der Waals surface area contributed by atoms with E-state index in [1.165, 1.54) is 0 Å². The van der Waals surface area contributed by atoms with E-state index in [1.54, 1.807) is 31.4 Å². The highest BCUT2D eigenvalue weighted by molar-refractivity contribution is 6.10. The van der Waals surface area contributed by atoms with E-state index in [1.807, 2.05) is 13.0 Å². The molecular weight excluding hydrogens is 230 g/mol. The van der Waals surface area contributed by atoms with Gasteiger partial charge < -0.3 is 14.9 Å². The van der Waals surface area contributed by atoms with Crippen LogP contribution in [-0.4, -0.2) is 12.9 Å². The average Bonchev–Trinajstić information content (AvgIpc) is 2.80. The maximum atomic E-state index is 12.2. The van der Waals surface area contributed by atoms with Crippen LogP contribution in [0.5, 0.6) is 0 Å². The van der Waals surface area contributed by atoms with E-state index in [0.29, 0.717) is 23.6 Å². The SMILES string of the molecule is COCc1ccc(C(=O)c2cc(C)ccc2N)o1. The minimum absolute atomic E-state index is 0.210. The molecule has 94 valence electrons. The van der Waals surface area contributed by atoms with E-state index in [-0.39, 0.29) is 11.5 Å². The smallest absolute Gasteiger partial charge is 0.230 e. The van der Waals surface area contributed by atoms with Crippen molar-refractivity contribution in [1.29, 1.82) is 0 Å². The minimum atomic E-state index is -0.210. The Morgan fingerprint density at radius 2 is 2.11 bits per heavy atom. The normalized spacial score (nSPS) is 10.6. The first kappa shape index (κ1) is 12.4. The second-order valence-electron chi connectivity index (χ2n) is 4.12. The molecule has 0 atom stereocenters. The van der Waals surface area contributed by atoms with Gasteiger partial charge in [-0.25, -0.2) is 0 Å².